The van der Waals surface area contributed by atoms with E-state index < -0.39 is 11.7 Å². The summed E-state index contributed by atoms with van der Waals surface area (Å²) >= 11 is 0. The zero-order chi connectivity index (χ0) is 16.8. The van der Waals surface area contributed by atoms with Gasteiger partial charge < -0.3 is 16.0 Å². The highest BCUT2D eigenvalue weighted by atomic mass is 19.1. The molecule has 0 saturated heterocycles. The molecule has 23 heavy (non-hydrogen) atoms. The third kappa shape index (κ3) is 5.06. The zero-order valence-electron chi connectivity index (χ0n) is 12.8. The van der Waals surface area contributed by atoms with Crippen LogP contribution < -0.4 is 16.0 Å². The van der Waals surface area contributed by atoms with E-state index >= 15 is 0 Å². The van der Waals surface area contributed by atoms with Crippen molar-refractivity contribution in [2.45, 2.75) is 19.9 Å². The van der Waals surface area contributed by atoms with E-state index in [0.29, 0.717) is 11.3 Å². The van der Waals surface area contributed by atoms with Crippen LogP contribution in [0.5, 0.6) is 0 Å². The van der Waals surface area contributed by atoms with E-state index in [1.807, 2.05) is 13.8 Å². The number of amides is 3. The van der Waals surface area contributed by atoms with Gasteiger partial charge in [0.15, 0.2) is 0 Å². The Kier molecular flexibility index (Phi) is 5.24. The van der Waals surface area contributed by atoms with Crippen LogP contribution in [0.4, 0.5) is 20.7 Å². The van der Waals surface area contributed by atoms with Gasteiger partial charge in [-0.3, -0.25) is 4.79 Å². The van der Waals surface area contributed by atoms with Crippen LogP contribution in [0.3, 0.4) is 0 Å². The smallest absolute Gasteiger partial charge is 0.319 e. The topological polar surface area (TPSA) is 83.1 Å². The maximum atomic E-state index is 12.8. The first-order valence-corrected chi connectivity index (χ1v) is 7.04. The fraction of sp³-hybridized carbons (Fsp3) is 0.188. The van der Waals surface area contributed by atoms with E-state index in [2.05, 4.69) is 20.9 Å². The number of nitrogens with zero attached hydrogens (tertiary/aromatic N) is 1. The lowest BCUT2D eigenvalue weighted by molar-refractivity contribution is 0.102. The van der Waals surface area contributed by atoms with Crippen molar-refractivity contribution in [1.82, 2.24) is 10.3 Å². The van der Waals surface area contributed by atoms with Crippen molar-refractivity contribution in [1.29, 1.82) is 0 Å². The summed E-state index contributed by atoms with van der Waals surface area (Å²) in [5.74, 6) is -0.644. The average Bonchev–Trinajstić information content (AvgIpc) is 2.49. The first-order chi connectivity index (χ1) is 10.9. The number of urea groups is 1. The molecular formula is C16H17FN4O2. The molecule has 0 unspecified atom stereocenters. The van der Waals surface area contributed by atoms with Crippen LogP contribution in [0, 0.1) is 5.82 Å². The fourth-order valence-electron chi connectivity index (χ4n) is 1.81. The van der Waals surface area contributed by atoms with Crippen molar-refractivity contribution >= 4 is 23.4 Å². The second kappa shape index (κ2) is 7.35. The van der Waals surface area contributed by atoms with Crippen molar-refractivity contribution in [2.75, 3.05) is 10.6 Å². The first-order valence-electron chi connectivity index (χ1n) is 7.04. The van der Waals surface area contributed by atoms with E-state index in [1.165, 1.54) is 12.1 Å². The number of carbonyl (C=O) groups excluding carboxylic acids is 2. The number of aromatic nitrogens is 1. The molecule has 2 aromatic rings. The molecule has 0 saturated carbocycles. The zero-order valence-corrected chi connectivity index (χ0v) is 12.8. The quantitative estimate of drug-likeness (QED) is 0.811. The highest BCUT2D eigenvalue weighted by Gasteiger charge is 2.09. The lowest BCUT2D eigenvalue weighted by Gasteiger charge is -2.11. The largest absolute Gasteiger partial charge is 0.336 e. The molecule has 3 N–H and O–H groups in total. The number of pyridine rings is 1. The third-order valence-electron chi connectivity index (χ3n) is 2.77. The first kappa shape index (κ1) is 16.4. The highest BCUT2D eigenvalue weighted by molar-refractivity contribution is 6.04. The second-order valence-corrected chi connectivity index (χ2v) is 5.15. The Balaban J connectivity index is 2.05. The molecule has 0 atom stereocenters. The SMILES string of the molecule is CC(C)NC(=O)Nc1cccc(C(=O)Nc2ccc(F)cn2)c1. The number of carbonyl (C=O) groups is 2. The molecule has 0 aliphatic heterocycles. The molecule has 1 heterocycles. The molecule has 2 rings (SSSR count). The van der Waals surface area contributed by atoms with E-state index in [-0.39, 0.29) is 17.9 Å². The van der Waals surface area contributed by atoms with Crippen molar-refractivity contribution in [3.63, 3.8) is 0 Å². The summed E-state index contributed by atoms with van der Waals surface area (Å²) in [5, 5.41) is 7.89. The number of rotatable bonds is 4. The molecule has 0 fully saturated rings. The second-order valence-electron chi connectivity index (χ2n) is 5.15. The van der Waals surface area contributed by atoms with Crippen molar-refractivity contribution in [2.24, 2.45) is 0 Å². The minimum atomic E-state index is -0.481. The summed E-state index contributed by atoms with van der Waals surface area (Å²) in [6.07, 6.45) is 1.02. The molecule has 120 valence electrons. The van der Waals surface area contributed by atoms with Crippen LogP contribution in [0.1, 0.15) is 24.2 Å². The molecule has 0 radical (unpaired) electrons. The van der Waals surface area contributed by atoms with Gasteiger partial charge in [-0.25, -0.2) is 14.2 Å². The van der Waals surface area contributed by atoms with Crippen LogP contribution >= 0.6 is 0 Å². The Bertz CT molecular complexity index is 701. The van der Waals surface area contributed by atoms with E-state index in [0.717, 1.165) is 6.20 Å². The summed E-state index contributed by atoms with van der Waals surface area (Å²) < 4.78 is 12.8. The van der Waals surface area contributed by atoms with Gasteiger partial charge in [-0.2, -0.15) is 0 Å². The molecule has 0 spiro atoms. The van der Waals surface area contributed by atoms with E-state index in [4.69, 9.17) is 0 Å². The molecule has 6 nitrogen and oxygen atoms in total. The third-order valence-corrected chi connectivity index (χ3v) is 2.77. The molecule has 0 bridgehead atoms. The Labute approximate surface area is 133 Å². The summed E-state index contributed by atoms with van der Waals surface area (Å²) in [4.78, 5) is 27.6. The maximum absolute atomic E-state index is 12.8. The minimum absolute atomic E-state index is 0.00558. The highest BCUT2D eigenvalue weighted by Crippen LogP contribution is 2.13. The molecule has 1 aromatic heterocycles. The number of hydrogen-bond acceptors (Lipinski definition) is 3. The van der Waals surface area contributed by atoms with Crippen LogP contribution in [-0.4, -0.2) is 23.0 Å². The number of benzene rings is 1. The minimum Gasteiger partial charge on any atom is -0.336 e. The van der Waals surface area contributed by atoms with Crippen LogP contribution in [0.25, 0.3) is 0 Å². The number of hydrogen-bond donors (Lipinski definition) is 3. The van der Waals surface area contributed by atoms with Gasteiger partial charge in [-0.15, -0.1) is 0 Å². The normalized spacial score (nSPS) is 10.3. The van der Waals surface area contributed by atoms with Crippen LogP contribution in [-0.2, 0) is 0 Å². The van der Waals surface area contributed by atoms with Crippen LogP contribution in [0.2, 0.25) is 0 Å². The predicted molar refractivity (Wildman–Crippen MR) is 85.9 cm³/mol. The van der Waals surface area contributed by atoms with Gasteiger partial charge in [-0.1, -0.05) is 6.07 Å². The molecule has 0 aliphatic rings. The van der Waals surface area contributed by atoms with Crippen LogP contribution in [0.15, 0.2) is 42.6 Å². The van der Waals surface area contributed by atoms with Gasteiger partial charge in [0, 0.05) is 17.3 Å². The monoisotopic (exact) mass is 316 g/mol. The fourth-order valence-corrected chi connectivity index (χ4v) is 1.81. The van der Waals surface area contributed by atoms with E-state index in [9.17, 15) is 14.0 Å². The Morgan fingerprint density at radius 1 is 1.13 bits per heavy atom. The summed E-state index contributed by atoms with van der Waals surface area (Å²) in [5.41, 5.74) is 0.835. The van der Waals surface area contributed by atoms with Crippen molar-refractivity contribution < 1.29 is 14.0 Å². The summed E-state index contributed by atoms with van der Waals surface area (Å²) in [6, 6.07) is 8.69. The molecule has 1 aromatic carbocycles. The average molecular weight is 316 g/mol. The Hall–Kier alpha value is -2.96. The van der Waals surface area contributed by atoms with Gasteiger partial charge in [0.2, 0.25) is 0 Å². The Morgan fingerprint density at radius 3 is 2.57 bits per heavy atom. The lowest BCUT2D eigenvalue weighted by Crippen LogP contribution is -2.34. The predicted octanol–water partition coefficient (Wildman–Crippen LogP) is 3.00. The number of halogens is 1. The lowest BCUT2D eigenvalue weighted by atomic mass is 10.2. The van der Waals surface area contributed by atoms with E-state index in [1.54, 1.807) is 24.3 Å². The molecule has 7 heteroatoms. The van der Waals surface area contributed by atoms with Crippen molar-refractivity contribution in [3.05, 3.63) is 54.0 Å². The number of nitrogens with one attached hydrogen (secondary N) is 3. The maximum Gasteiger partial charge on any atom is 0.319 e. The van der Waals surface area contributed by atoms with Gasteiger partial charge in [0.25, 0.3) is 5.91 Å². The Morgan fingerprint density at radius 2 is 1.91 bits per heavy atom. The summed E-state index contributed by atoms with van der Waals surface area (Å²) in [6.45, 7) is 3.69. The molecule has 3 amide bonds. The molecule has 0 aliphatic carbocycles. The number of anilines is 2. The van der Waals surface area contributed by atoms with Crippen molar-refractivity contribution in [3.8, 4) is 0 Å². The van der Waals surface area contributed by atoms with Gasteiger partial charge in [-0.05, 0) is 44.2 Å². The van der Waals surface area contributed by atoms with Gasteiger partial charge >= 0.3 is 6.03 Å². The van der Waals surface area contributed by atoms with Gasteiger partial charge in [0.05, 0.1) is 6.20 Å². The standard InChI is InChI=1S/C16H17FN4O2/c1-10(2)19-16(23)20-13-5-3-4-11(8-13)15(22)21-14-7-6-12(17)9-18-14/h3-10H,1-2H3,(H,18,21,22)(H2,19,20,23). The van der Waals surface area contributed by atoms with Gasteiger partial charge in [0.1, 0.15) is 11.6 Å². The summed E-state index contributed by atoms with van der Waals surface area (Å²) in [7, 11) is 0. The molecular weight excluding hydrogens is 299 g/mol.